The molecule has 1 aromatic carbocycles. The Morgan fingerprint density at radius 1 is 1.04 bits per heavy atom. The van der Waals surface area contributed by atoms with Crippen LogP contribution in [-0.2, 0) is 40.5 Å². The molecule has 3 fully saturated rings. The molecule has 4 aromatic heterocycles. The van der Waals surface area contributed by atoms with Crippen molar-refractivity contribution in [2.24, 2.45) is 19.5 Å². The van der Waals surface area contributed by atoms with E-state index >= 15 is 0 Å². The van der Waals surface area contributed by atoms with Crippen LogP contribution >= 0.6 is 0 Å². The average Bonchev–Trinajstić information content (AvgIpc) is 3.88. The third-order valence-corrected chi connectivity index (χ3v) is 11.2. The summed E-state index contributed by atoms with van der Waals surface area (Å²) in [6.07, 6.45) is 14.2. The number of ether oxygens (including phenoxy) is 3. The standard InChI is InChI=1S/C35H39N7O4/c1-40-17-23(16-37-40)31-28(21-7-8-25-22(13-21)15-38-41(25)2)29-30-24(14-36-32(29)39-31)18-45-35(30)19-34(20-35)9-11-42(12-10-34)33(43)46-27-6-4-5-26(27)44-3/h7-8,13-17,26-27H,4-6,9-12,18-20H2,1-3H3,(H,36,39)/t26-,27+/m0/s1. The zero-order valence-electron chi connectivity index (χ0n) is 26.6. The van der Waals surface area contributed by atoms with E-state index in [1.807, 2.05) is 53.1 Å². The number of fused-ring (bicyclic) bond motifs is 5. The van der Waals surface area contributed by atoms with Crippen LogP contribution in [-0.4, -0.2) is 72.9 Å². The van der Waals surface area contributed by atoms with Crippen LogP contribution in [0.1, 0.15) is 56.1 Å². The fraction of sp³-hybridized carbons (Fsp3) is 0.486. The summed E-state index contributed by atoms with van der Waals surface area (Å²) in [6, 6.07) is 6.56. The second-order valence-electron chi connectivity index (χ2n) is 14.0. The smallest absolute Gasteiger partial charge is 0.410 e. The largest absolute Gasteiger partial charge is 0.443 e. The molecule has 238 valence electrons. The summed E-state index contributed by atoms with van der Waals surface area (Å²) in [4.78, 5) is 23.6. The Labute approximate surface area is 266 Å². The Balaban J connectivity index is 1.05. The maximum absolute atomic E-state index is 13.1. The van der Waals surface area contributed by atoms with E-state index in [9.17, 15) is 4.79 Å². The molecule has 1 N–H and O–H groups in total. The average molecular weight is 622 g/mol. The number of hydrogen-bond acceptors (Lipinski definition) is 7. The molecule has 2 aliphatic carbocycles. The van der Waals surface area contributed by atoms with Crippen LogP contribution < -0.4 is 0 Å². The highest BCUT2D eigenvalue weighted by molar-refractivity contribution is 6.06. The molecular formula is C35H39N7O4. The van der Waals surface area contributed by atoms with Gasteiger partial charge in [-0.15, -0.1) is 0 Å². The number of aryl methyl sites for hydroxylation is 2. The van der Waals surface area contributed by atoms with E-state index in [0.717, 1.165) is 94.8 Å². The van der Waals surface area contributed by atoms with Crippen molar-refractivity contribution in [2.75, 3.05) is 20.2 Å². The molecule has 2 saturated carbocycles. The Morgan fingerprint density at radius 3 is 2.65 bits per heavy atom. The normalized spacial score (nSPS) is 23.1. The van der Waals surface area contributed by atoms with Crippen molar-refractivity contribution >= 4 is 28.0 Å². The van der Waals surface area contributed by atoms with Gasteiger partial charge in [0.15, 0.2) is 0 Å². The summed E-state index contributed by atoms with van der Waals surface area (Å²) in [7, 11) is 5.62. The van der Waals surface area contributed by atoms with E-state index in [-0.39, 0.29) is 29.3 Å². The lowest BCUT2D eigenvalue weighted by Gasteiger charge is -2.57. The minimum atomic E-state index is -0.365. The van der Waals surface area contributed by atoms with E-state index < -0.39 is 0 Å². The summed E-state index contributed by atoms with van der Waals surface area (Å²) in [5.74, 6) is 0. The summed E-state index contributed by atoms with van der Waals surface area (Å²) >= 11 is 0. The summed E-state index contributed by atoms with van der Waals surface area (Å²) in [5.41, 5.74) is 8.43. The molecule has 11 nitrogen and oxygen atoms in total. The van der Waals surface area contributed by atoms with Crippen molar-refractivity contribution in [3.05, 3.63) is 54.1 Å². The molecule has 2 atom stereocenters. The molecule has 2 spiro atoms. The fourth-order valence-electron chi connectivity index (χ4n) is 8.94. The van der Waals surface area contributed by atoms with Crippen molar-refractivity contribution < 1.29 is 19.0 Å². The molecular weight excluding hydrogens is 582 g/mol. The van der Waals surface area contributed by atoms with Crippen LogP contribution in [0.5, 0.6) is 0 Å². The van der Waals surface area contributed by atoms with Crippen molar-refractivity contribution in [3.8, 4) is 22.4 Å². The first-order valence-corrected chi connectivity index (χ1v) is 16.4. The van der Waals surface area contributed by atoms with Gasteiger partial charge >= 0.3 is 6.09 Å². The van der Waals surface area contributed by atoms with Gasteiger partial charge in [0.1, 0.15) is 11.8 Å². The third-order valence-electron chi connectivity index (χ3n) is 11.2. The highest BCUT2D eigenvalue weighted by atomic mass is 16.6. The number of aromatic amines is 1. The van der Waals surface area contributed by atoms with E-state index in [2.05, 4.69) is 33.4 Å². The van der Waals surface area contributed by atoms with Crippen LogP contribution in [0, 0.1) is 5.41 Å². The monoisotopic (exact) mass is 621 g/mol. The lowest BCUT2D eigenvalue weighted by Crippen LogP contribution is -2.55. The number of amides is 1. The van der Waals surface area contributed by atoms with Crippen LogP contribution in [0.15, 0.2) is 43.0 Å². The van der Waals surface area contributed by atoms with E-state index in [4.69, 9.17) is 19.2 Å². The van der Waals surface area contributed by atoms with Gasteiger partial charge in [0, 0.05) is 79.7 Å². The van der Waals surface area contributed by atoms with Crippen LogP contribution in [0.3, 0.4) is 0 Å². The summed E-state index contributed by atoms with van der Waals surface area (Å²) in [6.45, 7) is 1.98. The van der Waals surface area contributed by atoms with Crippen LogP contribution in [0.25, 0.3) is 44.3 Å². The molecule has 11 heteroatoms. The van der Waals surface area contributed by atoms with E-state index in [1.54, 1.807) is 7.11 Å². The maximum atomic E-state index is 13.1. The minimum Gasteiger partial charge on any atom is -0.443 e. The number of nitrogens with one attached hydrogen (secondary N) is 1. The molecule has 4 aliphatic rings. The molecule has 2 aliphatic heterocycles. The summed E-state index contributed by atoms with van der Waals surface area (Å²) in [5, 5.41) is 11.2. The zero-order chi connectivity index (χ0) is 31.2. The lowest BCUT2D eigenvalue weighted by molar-refractivity contribution is -0.181. The number of carbonyl (C=O) groups excluding carboxylic acids is 1. The molecule has 6 heterocycles. The van der Waals surface area contributed by atoms with Crippen molar-refractivity contribution in [3.63, 3.8) is 0 Å². The van der Waals surface area contributed by atoms with Gasteiger partial charge in [-0.05, 0) is 68.1 Å². The minimum absolute atomic E-state index is 0.0146. The van der Waals surface area contributed by atoms with E-state index in [1.165, 1.54) is 5.56 Å². The van der Waals surface area contributed by atoms with E-state index in [0.29, 0.717) is 19.7 Å². The zero-order valence-corrected chi connectivity index (χ0v) is 26.6. The molecule has 1 saturated heterocycles. The molecule has 1 amide bonds. The number of benzene rings is 1. The van der Waals surface area contributed by atoms with Crippen LogP contribution in [0.4, 0.5) is 4.79 Å². The Hall–Kier alpha value is -4.22. The Morgan fingerprint density at radius 2 is 1.87 bits per heavy atom. The molecule has 0 radical (unpaired) electrons. The maximum Gasteiger partial charge on any atom is 0.410 e. The number of likely N-dealkylation sites (tertiary alicyclic amines) is 1. The third kappa shape index (κ3) is 4.17. The molecule has 0 bridgehead atoms. The molecule has 9 rings (SSSR count). The highest BCUT2D eigenvalue weighted by Crippen LogP contribution is 2.65. The number of aromatic nitrogens is 6. The Kier molecular flexibility index (Phi) is 6.18. The Bertz CT molecular complexity index is 1990. The van der Waals surface area contributed by atoms with Crippen molar-refractivity contribution in [2.45, 2.75) is 69.4 Å². The topological polar surface area (TPSA) is 112 Å². The van der Waals surface area contributed by atoms with Gasteiger partial charge in [-0.25, -0.2) is 9.78 Å². The highest BCUT2D eigenvalue weighted by Gasteiger charge is 2.60. The van der Waals surface area contributed by atoms with Gasteiger partial charge in [-0.2, -0.15) is 10.2 Å². The second kappa shape index (κ2) is 10.1. The number of rotatable bonds is 4. The number of nitrogens with zero attached hydrogens (tertiary/aromatic N) is 6. The number of carbonyl (C=O) groups is 1. The first-order chi connectivity index (χ1) is 22.4. The first kappa shape index (κ1) is 28.0. The number of pyridine rings is 1. The summed E-state index contributed by atoms with van der Waals surface area (Å²) < 4.78 is 21.9. The predicted molar refractivity (Wildman–Crippen MR) is 172 cm³/mol. The predicted octanol–water partition coefficient (Wildman–Crippen LogP) is 5.82. The number of H-pyrrole nitrogens is 1. The fourth-order valence-corrected chi connectivity index (χ4v) is 8.94. The number of piperidine rings is 1. The lowest BCUT2D eigenvalue weighted by atomic mass is 9.53. The van der Waals surface area contributed by atoms with Gasteiger partial charge in [-0.1, -0.05) is 6.07 Å². The SMILES string of the molecule is CO[C@H]1CCC[C@H]1OC(=O)N1CCC2(CC1)CC1(C2)OCc2cnc3[nH]c(-c4cnn(C)c4)c(-c4ccc5c(cnn5C)c4)c3c21. The van der Waals surface area contributed by atoms with Gasteiger partial charge in [0.2, 0.25) is 0 Å². The van der Waals surface area contributed by atoms with Crippen LogP contribution in [0.2, 0.25) is 0 Å². The van der Waals surface area contributed by atoms with Gasteiger partial charge in [0.05, 0.1) is 41.9 Å². The van der Waals surface area contributed by atoms with Gasteiger partial charge in [-0.3, -0.25) is 9.36 Å². The quantitative estimate of drug-likeness (QED) is 0.269. The first-order valence-electron chi connectivity index (χ1n) is 16.4. The van der Waals surface area contributed by atoms with Crippen molar-refractivity contribution in [1.82, 2.24) is 34.4 Å². The molecule has 5 aromatic rings. The van der Waals surface area contributed by atoms with Gasteiger partial charge in [0.25, 0.3) is 0 Å². The second-order valence-corrected chi connectivity index (χ2v) is 14.0. The molecule has 46 heavy (non-hydrogen) atoms. The number of hydrogen-bond donors (Lipinski definition) is 1. The van der Waals surface area contributed by atoms with Crippen molar-refractivity contribution in [1.29, 1.82) is 0 Å². The molecule has 0 unspecified atom stereocenters. The number of methoxy groups -OCH3 is 1. The van der Waals surface area contributed by atoms with Gasteiger partial charge < -0.3 is 24.1 Å².